The molecule has 1 aromatic carbocycles. The van der Waals surface area contributed by atoms with Crippen molar-refractivity contribution in [1.82, 2.24) is 19.2 Å². The van der Waals surface area contributed by atoms with Crippen LogP contribution in [0.15, 0.2) is 59.9 Å². The highest BCUT2D eigenvalue weighted by atomic mass is 35.5. The van der Waals surface area contributed by atoms with Crippen LogP contribution in [-0.2, 0) is 27.3 Å². The van der Waals surface area contributed by atoms with Crippen LogP contribution in [-0.4, -0.2) is 43.4 Å². The number of hydrogen-bond donors (Lipinski definition) is 1. The summed E-state index contributed by atoms with van der Waals surface area (Å²) in [6.07, 6.45) is 5.89. The van der Waals surface area contributed by atoms with Crippen LogP contribution in [0.4, 0.5) is 5.69 Å². The maximum atomic E-state index is 13.7. The van der Waals surface area contributed by atoms with Crippen LogP contribution < -0.4 is 10.9 Å². The molecule has 0 radical (unpaired) electrons. The molecule has 0 spiro atoms. The molecular formula is C29H32ClN5O4. The zero-order chi connectivity index (χ0) is 27.7. The summed E-state index contributed by atoms with van der Waals surface area (Å²) < 4.78 is 15.1. The molecule has 9 nitrogen and oxygen atoms in total. The number of rotatable bonds is 6. The van der Waals surface area contributed by atoms with E-state index in [1.165, 1.54) is 10.9 Å². The zero-order valence-electron chi connectivity index (χ0n) is 22.5. The summed E-state index contributed by atoms with van der Waals surface area (Å²) in [5, 5.41) is 7.63. The smallest absolute Gasteiger partial charge is 0.251 e. The maximum absolute atomic E-state index is 13.7. The van der Waals surface area contributed by atoms with E-state index in [9.17, 15) is 9.59 Å². The number of hydrogen-bond acceptors (Lipinski definition) is 6. The molecule has 4 heterocycles. The van der Waals surface area contributed by atoms with Crippen LogP contribution in [0.3, 0.4) is 0 Å². The van der Waals surface area contributed by atoms with Crippen LogP contribution in [0.1, 0.15) is 51.3 Å². The van der Waals surface area contributed by atoms with Crippen molar-refractivity contribution in [3.8, 4) is 11.1 Å². The number of pyridine rings is 2. The lowest BCUT2D eigenvalue weighted by molar-refractivity contribution is -0.120. The standard InChI is InChI=1S/C29H32ClN5O4/c1-18-11-19-5-6-21(30)12-23(19)24-14-27(36)34(15-20(24)16-38-18)25(8-10-39-29(2,3)4)28(37)33-22-7-9-35-26(13-22)31-17-32-35/h5-7,9,12-15,17-18,25H,8,10-11,16H2,1-4H3,(H,33,37). The second-order valence-electron chi connectivity index (χ2n) is 10.8. The second-order valence-corrected chi connectivity index (χ2v) is 11.3. The molecule has 1 amide bonds. The third-order valence-corrected chi connectivity index (χ3v) is 6.90. The minimum Gasteiger partial charge on any atom is -0.376 e. The quantitative estimate of drug-likeness (QED) is 0.361. The van der Waals surface area contributed by atoms with E-state index in [4.69, 9.17) is 21.1 Å². The molecule has 1 aliphatic heterocycles. The van der Waals surface area contributed by atoms with Gasteiger partial charge in [-0.05, 0) is 69.0 Å². The predicted molar refractivity (Wildman–Crippen MR) is 150 cm³/mol. The van der Waals surface area contributed by atoms with Crippen molar-refractivity contribution in [3.63, 3.8) is 0 Å². The van der Waals surface area contributed by atoms with Crippen molar-refractivity contribution in [2.45, 2.75) is 64.9 Å². The molecular weight excluding hydrogens is 518 g/mol. The van der Waals surface area contributed by atoms with Gasteiger partial charge in [-0.2, -0.15) is 5.10 Å². The van der Waals surface area contributed by atoms with Gasteiger partial charge in [-0.15, -0.1) is 0 Å². The number of benzene rings is 1. The first-order valence-electron chi connectivity index (χ1n) is 13.0. The van der Waals surface area contributed by atoms with Crippen LogP contribution >= 0.6 is 11.6 Å². The number of halogens is 1. The third-order valence-electron chi connectivity index (χ3n) is 6.67. The van der Waals surface area contributed by atoms with Gasteiger partial charge in [0.1, 0.15) is 12.4 Å². The number of amides is 1. The van der Waals surface area contributed by atoms with Gasteiger partial charge < -0.3 is 19.4 Å². The van der Waals surface area contributed by atoms with Crippen molar-refractivity contribution in [3.05, 3.63) is 81.6 Å². The molecule has 0 saturated carbocycles. The molecule has 204 valence electrons. The Morgan fingerprint density at radius 3 is 2.79 bits per heavy atom. The van der Waals surface area contributed by atoms with Crippen molar-refractivity contribution < 1.29 is 14.3 Å². The van der Waals surface area contributed by atoms with Gasteiger partial charge in [-0.1, -0.05) is 17.7 Å². The van der Waals surface area contributed by atoms with E-state index in [1.54, 1.807) is 35.1 Å². The Hall–Kier alpha value is -3.53. The Labute approximate surface area is 231 Å². The lowest BCUT2D eigenvalue weighted by Gasteiger charge is -2.26. The zero-order valence-corrected chi connectivity index (χ0v) is 23.2. The van der Waals surface area contributed by atoms with Crippen molar-refractivity contribution in [2.75, 3.05) is 11.9 Å². The van der Waals surface area contributed by atoms with Gasteiger partial charge in [-0.3, -0.25) is 9.59 Å². The Bertz CT molecular complexity index is 1570. The van der Waals surface area contributed by atoms with Crippen LogP contribution in [0.25, 0.3) is 16.8 Å². The monoisotopic (exact) mass is 549 g/mol. The molecule has 2 unspecified atom stereocenters. The Morgan fingerprint density at radius 2 is 2.00 bits per heavy atom. The number of aromatic nitrogens is 4. The Balaban J connectivity index is 1.53. The van der Waals surface area contributed by atoms with E-state index in [-0.39, 0.29) is 23.2 Å². The fraction of sp³-hybridized carbons (Fsp3) is 0.379. The summed E-state index contributed by atoms with van der Waals surface area (Å²) >= 11 is 6.35. The van der Waals surface area contributed by atoms with Gasteiger partial charge in [0.25, 0.3) is 5.56 Å². The minimum absolute atomic E-state index is 0.0233. The lowest BCUT2D eigenvalue weighted by atomic mass is 9.92. The van der Waals surface area contributed by atoms with E-state index in [0.717, 1.165) is 22.3 Å². The number of nitrogens with one attached hydrogen (secondary N) is 1. The fourth-order valence-electron chi connectivity index (χ4n) is 4.77. The summed E-state index contributed by atoms with van der Waals surface area (Å²) in [6, 6.07) is 9.94. The van der Waals surface area contributed by atoms with E-state index < -0.39 is 6.04 Å². The molecule has 5 rings (SSSR count). The number of anilines is 1. The van der Waals surface area contributed by atoms with Crippen LogP contribution in [0.2, 0.25) is 5.02 Å². The first kappa shape index (κ1) is 27.1. The molecule has 0 fully saturated rings. The van der Waals surface area contributed by atoms with Crippen LogP contribution in [0, 0.1) is 0 Å². The van der Waals surface area contributed by atoms with E-state index in [2.05, 4.69) is 15.4 Å². The largest absolute Gasteiger partial charge is 0.376 e. The van der Waals surface area contributed by atoms with Gasteiger partial charge in [0, 0.05) is 53.8 Å². The number of carbonyl (C=O) groups excluding carboxylic acids is 1. The average molecular weight is 550 g/mol. The summed E-state index contributed by atoms with van der Waals surface area (Å²) in [5.41, 5.74) is 4.02. The van der Waals surface area contributed by atoms with Gasteiger partial charge in [-0.25, -0.2) is 9.50 Å². The highest BCUT2D eigenvalue weighted by molar-refractivity contribution is 6.30. The first-order valence-corrected chi connectivity index (χ1v) is 13.3. The van der Waals surface area contributed by atoms with Crippen molar-refractivity contribution in [1.29, 1.82) is 0 Å². The molecule has 0 aliphatic carbocycles. The molecule has 0 bridgehead atoms. The lowest BCUT2D eigenvalue weighted by Crippen LogP contribution is -2.35. The highest BCUT2D eigenvalue weighted by Gasteiger charge is 2.26. The molecule has 0 saturated heterocycles. The van der Waals surface area contributed by atoms with E-state index >= 15 is 0 Å². The second kappa shape index (κ2) is 10.9. The maximum Gasteiger partial charge on any atom is 0.251 e. The molecule has 2 atom stereocenters. The minimum atomic E-state index is -0.819. The number of nitrogens with zero attached hydrogens (tertiary/aromatic N) is 4. The Kier molecular flexibility index (Phi) is 7.57. The van der Waals surface area contributed by atoms with Crippen LogP contribution in [0.5, 0.6) is 0 Å². The van der Waals surface area contributed by atoms with Gasteiger partial charge in [0.2, 0.25) is 5.91 Å². The molecule has 3 aromatic heterocycles. The van der Waals surface area contributed by atoms with Gasteiger partial charge in [0.15, 0.2) is 5.65 Å². The van der Waals surface area contributed by atoms with Gasteiger partial charge >= 0.3 is 0 Å². The van der Waals surface area contributed by atoms with E-state index in [1.807, 2.05) is 45.9 Å². The highest BCUT2D eigenvalue weighted by Crippen LogP contribution is 2.33. The molecule has 1 aliphatic rings. The third kappa shape index (κ3) is 6.21. The normalized spacial score (nSPS) is 16.2. The molecule has 10 heteroatoms. The SMILES string of the molecule is CC1Cc2ccc(Cl)cc2-c2cc(=O)n(C(CCOC(C)(C)C)C(=O)Nc3ccn4ncnc4c3)cc2CO1. The topological polar surface area (TPSA) is 99.8 Å². The predicted octanol–water partition coefficient (Wildman–Crippen LogP) is 5.06. The Morgan fingerprint density at radius 1 is 1.21 bits per heavy atom. The molecule has 39 heavy (non-hydrogen) atoms. The molecule has 4 aromatic rings. The number of carbonyl (C=O) groups is 1. The van der Waals surface area contributed by atoms with E-state index in [0.29, 0.717) is 42.4 Å². The summed E-state index contributed by atoms with van der Waals surface area (Å²) in [6.45, 7) is 8.47. The molecule has 1 N–H and O–H groups in total. The number of ether oxygens (including phenoxy) is 2. The summed E-state index contributed by atoms with van der Waals surface area (Å²) in [4.78, 5) is 31.4. The van der Waals surface area contributed by atoms with Crippen molar-refractivity contribution in [2.24, 2.45) is 0 Å². The van der Waals surface area contributed by atoms with Crippen molar-refractivity contribution >= 4 is 28.8 Å². The fourth-order valence-corrected chi connectivity index (χ4v) is 4.94. The summed E-state index contributed by atoms with van der Waals surface area (Å²) in [5.74, 6) is -0.331. The number of fused-ring (bicyclic) bond motifs is 4. The van der Waals surface area contributed by atoms with Gasteiger partial charge in [0.05, 0.1) is 18.3 Å². The summed E-state index contributed by atoms with van der Waals surface area (Å²) in [7, 11) is 0. The average Bonchev–Trinajstić information content (AvgIpc) is 3.33. The first-order chi connectivity index (χ1) is 18.6.